The Morgan fingerprint density at radius 2 is 1.17 bits per heavy atom. The molecule has 2 radical (unpaired) electrons. The third-order valence-corrected chi connectivity index (χ3v) is 10.8. The van der Waals surface area contributed by atoms with Crippen LogP contribution < -0.4 is 4.74 Å². The SMILES string of the molecule is O=C1OC2(c3cc(I)c(O)c(I)c3Oc3c2cc(I)c(O)c3I)c2c(Cl)c(Cl)c(Cl)c(Cl)c21.[K].[K]. The largest absolute Gasteiger partial charge is 0.506 e. The molecule has 0 aliphatic carbocycles. The third-order valence-electron chi connectivity index (χ3n) is 5.33. The van der Waals surface area contributed by atoms with Crippen LogP contribution in [-0.4, -0.2) is 119 Å². The van der Waals surface area contributed by atoms with E-state index in [1.165, 1.54) is 0 Å². The number of aromatic hydroxyl groups is 2. The molecule has 1 spiro atoms. The van der Waals surface area contributed by atoms with E-state index in [0.29, 0.717) is 25.4 Å². The van der Waals surface area contributed by atoms with Crippen molar-refractivity contribution in [3.63, 3.8) is 0 Å². The molecule has 0 bridgehead atoms. The van der Waals surface area contributed by atoms with Gasteiger partial charge in [0.1, 0.15) is 11.5 Å². The predicted molar refractivity (Wildman–Crippen MR) is 170 cm³/mol. The maximum atomic E-state index is 13.3. The van der Waals surface area contributed by atoms with Crippen molar-refractivity contribution in [1.82, 2.24) is 0 Å². The zero-order valence-corrected chi connectivity index (χ0v) is 35.2. The Kier molecular flexibility index (Phi) is 11.7. The van der Waals surface area contributed by atoms with E-state index in [9.17, 15) is 15.0 Å². The van der Waals surface area contributed by atoms with Gasteiger partial charge in [0.05, 0.1) is 51.1 Å². The molecular weight excluding hydrogens is 1050 g/mol. The van der Waals surface area contributed by atoms with Crippen molar-refractivity contribution < 1.29 is 24.5 Å². The van der Waals surface area contributed by atoms with Gasteiger partial charge in [0.25, 0.3) is 0 Å². The number of hydrogen-bond acceptors (Lipinski definition) is 5. The van der Waals surface area contributed by atoms with Gasteiger partial charge in [0.2, 0.25) is 0 Å². The first-order chi connectivity index (χ1) is 15.4. The van der Waals surface area contributed by atoms with Crippen LogP contribution in [-0.2, 0) is 10.3 Å². The van der Waals surface area contributed by atoms with Crippen LogP contribution in [0.2, 0.25) is 20.1 Å². The fraction of sp³-hybridized carbons (Fsp3) is 0.0500. The number of ether oxygens (including phenoxy) is 2. The Hall–Kier alpha value is 3.88. The second kappa shape index (κ2) is 12.2. The molecule has 3 aromatic carbocycles. The minimum Gasteiger partial charge on any atom is -0.506 e. The predicted octanol–water partition coefficient (Wildman–Crippen LogP) is 7.94. The topological polar surface area (TPSA) is 76.0 Å². The second-order valence-electron chi connectivity index (χ2n) is 6.97. The molecule has 2 heterocycles. The van der Waals surface area contributed by atoms with E-state index in [2.05, 4.69) is 0 Å². The van der Waals surface area contributed by atoms with Crippen molar-refractivity contribution in [2.45, 2.75) is 5.60 Å². The summed E-state index contributed by atoms with van der Waals surface area (Å²) in [7, 11) is 0. The zero-order chi connectivity index (χ0) is 24.1. The van der Waals surface area contributed by atoms with Crippen molar-refractivity contribution in [2.24, 2.45) is 0 Å². The molecule has 0 saturated heterocycles. The number of carbonyl (C=O) groups excluding carboxylic acids is 1. The van der Waals surface area contributed by atoms with E-state index >= 15 is 0 Å². The summed E-state index contributed by atoms with van der Waals surface area (Å²) in [5.74, 6) is -0.246. The molecule has 0 amide bonds. The number of benzene rings is 3. The average molecular weight is 1050 g/mol. The van der Waals surface area contributed by atoms with Gasteiger partial charge in [-0.2, -0.15) is 0 Å². The third kappa shape index (κ3) is 4.99. The number of phenols is 2. The molecule has 2 aliphatic rings. The Bertz CT molecular complexity index is 1410. The van der Waals surface area contributed by atoms with E-state index in [1.54, 1.807) is 12.1 Å². The van der Waals surface area contributed by atoms with Gasteiger partial charge < -0.3 is 19.7 Å². The van der Waals surface area contributed by atoms with E-state index in [4.69, 9.17) is 55.9 Å². The van der Waals surface area contributed by atoms with Crippen LogP contribution >= 0.6 is 137 Å². The van der Waals surface area contributed by atoms with Gasteiger partial charge >= 0.3 is 5.97 Å². The first kappa shape index (κ1) is 33.4. The van der Waals surface area contributed by atoms with Crippen LogP contribution in [0.15, 0.2) is 12.1 Å². The van der Waals surface area contributed by atoms with Gasteiger partial charge in [-0.05, 0) is 102 Å². The molecule has 2 aliphatic heterocycles. The zero-order valence-electron chi connectivity index (χ0n) is 17.3. The van der Waals surface area contributed by atoms with E-state index in [-0.39, 0.29) is 157 Å². The number of hydrogen-bond donors (Lipinski definition) is 2. The average Bonchev–Trinajstić information content (AvgIpc) is 3.08. The van der Waals surface area contributed by atoms with Crippen LogP contribution in [0.1, 0.15) is 27.0 Å². The number of esters is 1. The number of halogens is 8. The number of phenolic OH excluding ortho intramolecular Hbond substituents is 2. The molecule has 0 fully saturated rings. The molecule has 0 unspecified atom stereocenters. The van der Waals surface area contributed by atoms with Gasteiger partial charge in [0, 0.05) is 108 Å². The van der Waals surface area contributed by atoms with Crippen LogP contribution in [0, 0.1) is 14.3 Å². The Morgan fingerprint density at radius 3 is 1.63 bits per heavy atom. The van der Waals surface area contributed by atoms with Crippen LogP contribution in [0.5, 0.6) is 23.0 Å². The molecule has 172 valence electrons. The molecule has 3 aromatic rings. The van der Waals surface area contributed by atoms with Gasteiger partial charge in [0.15, 0.2) is 17.1 Å². The molecule has 5 rings (SSSR count). The van der Waals surface area contributed by atoms with Crippen molar-refractivity contribution in [2.75, 3.05) is 0 Å². The summed E-state index contributed by atoms with van der Waals surface area (Å²) in [6.07, 6.45) is 0. The molecule has 0 atom stereocenters. The van der Waals surface area contributed by atoms with Gasteiger partial charge in [-0.3, -0.25) is 0 Å². The van der Waals surface area contributed by atoms with Crippen LogP contribution in [0.3, 0.4) is 0 Å². The quantitative estimate of drug-likeness (QED) is 0.0788. The second-order valence-corrected chi connectivity index (χ2v) is 13.0. The molecular formula is C20H4Cl4I4K2O5. The fourth-order valence-corrected chi connectivity index (χ4v) is 8.57. The number of fused-ring (bicyclic) bond motifs is 6. The minimum absolute atomic E-state index is 0. The van der Waals surface area contributed by atoms with Gasteiger partial charge in [-0.15, -0.1) is 0 Å². The summed E-state index contributed by atoms with van der Waals surface area (Å²) in [5, 5.41) is 21.0. The summed E-state index contributed by atoms with van der Waals surface area (Å²) in [5.41, 5.74) is -0.574. The number of rotatable bonds is 0. The summed E-state index contributed by atoms with van der Waals surface area (Å²) in [6.45, 7) is 0. The summed E-state index contributed by atoms with van der Waals surface area (Å²) in [6, 6.07) is 3.30. The number of carbonyl (C=O) groups is 1. The summed E-state index contributed by atoms with van der Waals surface area (Å²) < 4.78 is 14.1. The summed E-state index contributed by atoms with van der Waals surface area (Å²) in [4.78, 5) is 13.3. The first-order valence-electron chi connectivity index (χ1n) is 8.63. The van der Waals surface area contributed by atoms with Gasteiger partial charge in [-0.25, -0.2) is 4.79 Å². The Morgan fingerprint density at radius 1 is 0.743 bits per heavy atom. The van der Waals surface area contributed by atoms with E-state index in [1.807, 2.05) is 90.4 Å². The first-order valence-corrected chi connectivity index (χ1v) is 14.5. The molecule has 2 N–H and O–H groups in total. The monoisotopic (exact) mass is 1050 g/mol. The normalized spacial score (nSPS) is 14.2. The fourth-order valence-electron chi connectivity index (χ4n) is 3.93. The van der Waals surface area contributed by atoms with Crippen molar-refractivity contribution in [3.8, 4) is 23.0 Å². The minimum atomic E-state index is -1.62. The van der Waals surface area contributed by atoms with Crippen molar-refractivity contribution in [3.05, 3.63) is 68.8 Å². The van der Waals surface area contributed by atoms with Crippen LogP contribution in [0.25, 0.3) is 0 Å². The van der Waals surface area contributed by atoms with Crippen molar-refractivity contribution in [1.29, 1.82) is 0 Å². The maximum Gasteiger partial charge on any atom is 0.341 e. The smallest absolute Gasteiger partial charge is 0.341 e. The van der Waals surface area contributed by atoms with E-state index in [0.717, 1.165) is 0 Å². The maximum absolute atomic E-state index is 13.3. The Labute approximate surface area is 358 Å². The summed E-state index contributed by atoms with van der Waals surface area (Å²) >= 11 is 33.7. The van der Waals surface area contributed by atoms with Gasteiger partial charge in [-0.1, -0.05) is 46.4 Å². The standard InChI is InChI=1S/C20H4Cl4I4O5.2K/c21-9-7-8(10(22)12(24)11(9)23)20(33-19(7)31)3-1-5(25)15(29)13(27)17(3)32-18-4(20)2-6(26)16(30)14(18)28;;/h1-2,29-30H;;. The van der Waals surface area contributed by atoms with E-state index < -0.39 is 11.6 Å². The molecule has 5 nitrogen and oxygen atoms in total. The molecule has 15 heteroatoms. The van der Waals surface area contributed by atoms with Crippen molar-refractivity contribution >= 4 is 246 Å². The molecule has 0 aromatic heterocycles. The molecule has 0 saturated carbocycles. The van der Waals surface area contributed by atoms with Crippen LogP contribution in [0.4, 0.5) is 0 Å². The Balaban J connectivity index is 0.00000171. The molecule has 35 heavy (non-hydrogen) atoms.